The van der Waals surface area contributed by atoms with E-state index < -0.39 is 205 Å². The zero-order valence-electron chi connectivity index (χ0n) is 59.1. The van der Waals surface area contributed by atoms with Crippen LogP contribution >= 0.6 is 21.6 Å². The monoisotopic (exact) mass is 1460 g/mol. The molecular weight excluding hydrogens is 1350 g/mol. The van der Waals surface area contributed by atoms with Crippen LogP contribution in [0.5, 0.6) is 0 Å². The largest absolute Gasteiger partial charge is 0.481 e. The van der Waals surface area contributed by atoms with Crippen LogP contribution in [0.2, 0.25) is 0 Å². The molecule has 0 spiro atoms. The van der Waals surface area contributed by atoms with Crippen molar-refractivity contribution in [2.75, 3.05) is 37.7 Å². The molecule has 35 nitrogen and oxygen atoms in total. The summed E-state index contributed by atoms with van der Waals surface area (Å²) in [5.41, 5.74) is 23.0. The molecule has 0 unspecified atom stereocenters. The Morgan fingerprint density at radius 1 is 0.480 bits per heavy atom. The predicted molar refractivity (Wildman–Crippen MR) is 373 cm³/mol. The fourth-order valence-corrected chi connectivity index (χ4v) is 12.4. The number of nitrogens with two attached hydrogens (primary N) is 4. The van der Waals surface area contributed by atoms with E-state index in [0.29, 0.717) is 32.1 Å². The molecule has 1 aliphatic rings. The number of carbonyl (C=O) groups is 16. The van der Waals surface area contributed by atoms with E-state index in [9.17, 15) is 86.9 Å². The quantitative estimate of drug-likeness (QED) is 0.0293. The maximum absolute atomic E-state index is 14.6. The van der Waals surface area contributed by atoms with Crippen LogP contribution in [-0.2, 0) is 76.7 Å². The summed E-state index contributed by atoms with van der Waals surface area (Å²) in [6.07, 6.45) is -0.110. The van der Waals surface area contributed by atoms with Crippen LogP contribution in [0.25, 0.3) is 0 Å². The topological polar surface area (TPSA) is 574 Å². The molecule has 0 radical (unpaired) electrons. The molecule has 0 saturated carbocycles. The third-order valence-electron chi connectivity index (χ3n) is 15.9. The number of carbonyl (C=O) groups excluding carboxylic acids is 14. The molecule has 1 rings (SSSR count). The Balaban J connectivity index is 4.12. The Bertz CT molecular complexity index is 2770. The molecule has 100 heavy (non-hydrogen) atoms. The van der Waals surface area contributed by atoms with Gasteiger partial charge in [-0.15, -0.1) is 0 Å². The summed E-state index contributed by atoms with van der Waals surface area (Å²) in [7, 11) is 1.88. The number of primary amides is 1. The first-order chi connectivity index (χ1) is 47.0. The van der Waals surface area contributed by atoms with Crippen LogP contribution in [-0.4, -0.2) is 215 Å². The predicted octanol–water partition coefficient (Wildman–Crippen LogP) is -3.64. The molecule has 1 fully saturated rings. The van der Waals surface area contributed by atoms with Gasteiger partial charge in [-0.1, -0.05) is 83.4 Å². The molecule has 1 saturated heterocycles. The van der Waals surface area contributed by atoms with Gasteiger partial charge >= 0.3 is 11.9 Å². The summed E-state index contributed by atoms with van der Waals surface area (Å²) < 4.78 is 0. The highest BCUT2D eigenvalue weighted by molar-refractivity contribution is 8.76. The lowest BCUT2D eigenvalue weighted by molar-refractivity contribution is -0.141. The zero-order chi connectivity index (χ0) is 75.9. The van der Waals surface area contributed by atoms with E-state index in [1.54, 1.807) is 41.5 Å². The summed E-state index contributed by atoms with van der Waals surface area (Å²) in [5.74, 6) is -18.2. The SMILES string of the molecule is CC[C@H](C)[C@@H]1NC(=O)[C@H](CC(C)C)NC(=O)[C@@H](NC(C)=O)CSSC[C@@H](C(N)=O)NC(=O)[C@H](CCC(=O)O)NC(=O)[C@H](C(C)C)NC(=O)[C@H](CCCCN)NC(=O)[C@H](C)NC(=O)CNC(=O)[C@H](CC(=O)O)NC(=O)[C@H](CCCCN)NC(=O)[C@H](CC(C)C)NC(=O)[C@H](CCCCN)NC1=O. The third-order valence-corrected chi connectivity index (χ3v) is 18.3. The highest BCUT2D eigenvalue weighted by Crippen LogP contribution is 2.24. The first kappa shape index (κ1) is 90.1. The Hall–Kier alpha value is -7.90. The van der Waals surface area contributed by atoms with E-state index in [2.05, 4.69) is 69.1 Å². The molecular formula is C63H111N17O18S2. The second-order valence-electron chi connectivity index (χ2n) is 26.0. The maximum atomic E-state index is 14.6. The van der Waals surface area contributed by atoms with E-state index in [0.717, 1.165) is 28.5 Å². The van der Waals surface area contributed by atoms with Crippen LogP contribution in [0.1, 0.15) is 166 Å². The summed E-state index contributed by atoms with van der Waals surface area (Å²) in [4.78, 5) is 219. The van der Waals surface area contributed by atoms with Gasteiger partial charge in [-0.05, 0) is 127 Å². The Kier molecular flexibility index (Phi) is 43.3. The van der Waals surface area contributed by atoms with Crippen molar-refractivity contribution in [3.05, 3.63) is 0 Å². The summed E-state index contributed by atoms with van der Waals surface area (Å²) in [5, 5.41) is 52.4. The van der Waals surface area contributed by atoms with Crippen molar-refractivity contribution in [3.63, 3.8) is 0 Å². The normalized spacial score (nSPS) is 25.5. The molecule has 14 amide bonds. The van der Waals surface area contributed by atoms with Crippen molar-refractivity contribution in [3.8, 4) is 0 Å². The minimum Gasteiger partial charge on any atom is -0.481 e. The molecule has 1 heterocycles. The lowest BCUT2D eigenvalue weighted by atomic mass is 9.96. The number of carboxylic acids is 2. The lowest BCUT2D eigenvalue weighted by Gasteiger charge is -2.30. The third kappa shape index (κ3) is 35.4. The van der Waals surface area contributed by atoms with Gasteiger partial charge in [0, 0.05) is 24.9 Å². The highest BCUT2D eigenvalue weighted by atomic mass is 33.1. The van der Waals surface area contributed by atoms with Crippen molar-refractivity contribution in [1.82, 2.24) is 69.1 Å². The minimum absolute atomic E-state index is 0.00604. The van der Waals surface area contributed by atoms with E-state index in [1.807, 2.05) is 0 Å². The summed E-state index contributed by atoms with van der Waals surface area (Å²) in [6.45, 7) is 15.6. The van der Waals surface area contributed by atoms with Gasteiger partial charge in [-0.3, -0.25) is 76.7 Å². The Morgan fingerprint density at radius 2 is 0.880 bits per heavy atom. The standard InChI is InChI=1S/C63H111N17O18S2/c1-11-35(8)51-63(98)73-39(19-13-16-24-65)56(91)75-42(26-32(2)3)59(94)72-38(18-12-15-23-64)55(90)77-44(28-49(85)86)54(89)68-29-47(82)69-36(9)53(88)71-40(20-14-17-25-66)58(93)79-50(34(6)7)62(97)74-41(21-22-48(83)84)57(92)78-45(52(67)87)30-99-100-31-46(70-37(10)81)61(96)76-43(27-33(4)5)60(95)80-51/h32-36,38-46,50-51H,11-31,64-66H2,1-10H3,(H2,67,87)(H,68,89)(H,69,82)(H,70,81)(H,71,88)(H,72,94)(H,73,98)(H,74,97)(H,75,91)(H,76,96)(H,77,90)(H,78,92)(H,79,93)(H,80,95)(H,83,84)(H,85,86)/t35-,36-,38-,39-,40-,41-,42-,43-,44-,45-,46-,50-,51-/m0/s1. The molecule has 0 aromatic carbocycles. The summed E-state index contributed by atoms with van der Waals surface area (Å²) >= 11 is 0. The Morgan fingerprint density at radius 3 is 1.33 bits per heavy atom. The van der Waals surface area contributed by atoms with Crippen LogP contribution in [0.15, 0.2) is 0 Å². The molecule has 568 valence electrons. The minimum atomic E-state index is -1.86. The summed E-state index contributed by atoms with van der Waals surface area (Å²) in [6, 6.07) is -17.5. The van der Waals surface area contributed by atoms with Crippen LogP contribution in [0.3, 0.4) is 0 Å². The van der Waals surface area contributed by atoms with Crippen LogP contribution in [0.4, 0.5) is 0 Å². The number of carboxylic acid groups (broad SMARTS) is 2. The van der Waals surface area contributed by atoms with Gasteiger partial charge < -0.3 is 102 Å². The fraction of sp³-hybridized carbons (Fsp3) is 0.746. The first-order valence-corrected chi connectivity index (χ1v) is 36.4. The second-order valence-corrected chi connectivity index (χ2v) is 28.5. The fourth-order valence-electron chi connectivity index (χ4n) is 10.0. The van der Waals surface area contributed by atoms with Crippen molar-refractivity contribution in [2.45, 2.75) is 238 Å². The van der Waals surface area contributed by atoms with Gasteiger partial charge in [-0.2, -0.15) is 0 Å². The average molecular weight is 1460 g/mol. The van der Waals surface area contributed by atoms with E-state index in [1.165, 1.54) is 20.8 Å². The maximum Gasteiger partial charge on any atom is 0.305 e. The molecule has 0 aliphatic carbocycles. The van der Waals surface area contributed by atoms with Crippen molar-refractivity contribution < 1.29 is 86.9 Å². The number of nitrogens with one attached hydrogen (secondary N) is 13. The molecule has 37 heteroatoms. The number of amides is 14. The molecule has 0 aromatic rings. The van der Waals surface area contributed by atoms with Crippen LogP contribution in [0, 0.1) is 23.7 Å². The zero-order valence-corrected chi connectivity index (χ0v) is 60.8. The number of rotatable bonds is 26. The molecule has 13 atom stereocenters. The average Bonchev–Trinajstić information content (AvgIpc) is 0.862. The van der Waals surface area contributed by atoms with Gasteiger partial charge in [0.05, 0.1) is 13.0 Å². The van der Waals surface area contributed by atoms with Crippen molar-refractivity contribution >= 4 is 116 Å². The van der Waals surface area contributed by atoms with Crippen LogP contribution < -0.4 is 92.1 Å². The van der Waals surface area contributed by atoms with E-state index in [4.69, 9.17) is 22.9 Å². The van der Waals surface area contributed by atoms with Gasteiger partial charge in [0.15, 0.2) is 0 Å². The number of hydrogen-bond acceptors (Lipinski definition) is 21. The highest BCUT2D eigenvalue weighted by Gasteiger charge is 2.38. The van der Waals surface area contributed by atoms with Gasteiger partial charge in [-0.25, -0.2) is 0 Å². The van der Waals surface area contributed by atoms with E-state index in [-0.39, 0.29) is 87.9 Å². The van der Waals surface area contributed by atoms with E-state index >= 15 is 0 Å². The van der Waals surface area contributed by atoms with Crippen molar-refractivity contribution in [1.29, 1.82) is 0 Å². The second kappa shape index (κ2) is 48.0. The van der Waals surface area contributed by atoms with Gasteiger partial charge in [0.2, 0.25) is 82.7 Å². The lowest BCUT2D eigenvalue weighted by Crippen LogP contribution is -2.61. The van der Waals surface area contributed by atoms with Gasteiger partial charge in [0.1, 0.15) is 72.5 Å². The molecule has 0 aromatic heterocycles. The Labute approximate surface area is 592 Å². The van der Waals surface area contributed by atoms with Gasteiger partial charge in [0.25, 0.3) is 0 Å². The number of hydrogen-bond donors (Lipinski definition) is 19. The molecule has 23 N–H and O–H groups in total. The number of aliphatic carboxylic acids is 2. The number of unbranched alkanes of at least 4 members (excludes halogenated alkanes) is 3. The molecule has 0 bridgehead atoms. The van der Waals surface area contributed by atoms with Crippen molar-refractivity contribution in [2.24, 2.45) is 46.6 Å². The molecule has 1 aliphatic heterocycles. The first-order valence-electron chi connectivity index (χ1n) is 34.0. The smallest absolute Gasteiger partial charge is 0.305 e.